The number of likely N-dealkylation sites (tertiary alicyclic amines) is 1. The number of carbonyl (C=O) groups excluding carboxylic acids is 2. The van der Waals surface area contributed by atoms with Crippen LogP contribution < -0.4 is 5.73 Å². The highest BCUT2D eigenvalue weighted by Gasteiger charge is 2.26. The summed E-state index contributed by atoms with van der Waals surface area (Å²) in [5.41, 5.74) is 6.88. The number of fused-ring (bicyclic) bond motifs is 1. The van der Waals surface area contributed by atoms with E-state index < -0.39 is 10.0 Å². The molecule has 1 saturated heterocycles. The quantitative estimate of drug-likeness (QED) is 0.562. The van der Waals surface area contributed by atoms with Crippen molar-refractivity contribution in [3.63, 3.8) is 0 Å². The summed E-state index contributed by atoms with van der Waals surface area (Å²) in [6.45, 7) is 8.36. The average Bonchev–Trinajstić information content (AvgIpc) is 3.15. The van der Waals surface area contributed by atoms with Crippen LogP contribution in [-0.4, -0.2) is 65.2 Å². The third kappa shape index (κ3) is 5.38. The Kier molecular flexibility index (Phi) is 8.12. The summed E-state index contributed by atoms with van der Waals surface area (Å²) in [5.74, 6) is 0.379. The molecule has 9 nitrogen and oxygen atoms in total. The minimum atomic E-state index is -3.57. The van der Waals surface area contributed by atoms with E-state index in [2.05, 4.69) is 11.5 Å². The maximum absolute atomic E-state index is 12.9. The zero-order valence-corrected chi connectivity index (χ0v) is 20.6. The lowest BCUT2D eigenvalue weighted by Crippen LogP contribution is -2.41. The number of nitrogens with zero attached hydrogens (tertiary/aromatic N) is 4. The second kappa shape index (κ2) is 10.6. The molecule has 0 radical (unpaired) electrons. The number of primary amides is 1. The topological polar surface area (TPSA) is 119 Å². The van der Waals surface area contributed by atoms with Gasteiger partial charge in [0.2, 0.25) is 21.8 Å². The van der Waals surface area contributed by atoms with Gasteiger partial charge in [0.1, 0.15) is 5.82 Å². The molecule has 0 saturated carbocycles. The van der Waals surface area contributed by atoms with Gasteiger partial charge in [0, 0.05) is 51.5 Å². The van der Waals surface area contributed by atoms with Crippen LogP contribution in [0, 0.1) is 5.92 Å². The number of sulfonamides is 1. The Morgan fingerprint density at radius 3 is 2.39 bits per heavy atom. The van der Waals surface area contributed by atoms with E-state index in [9.17, 15) is 18.0 Å². The van der Waals surface area contributed by atoms with Crippen molar-refractivity contribution >= 4 is 32.9 Å². The van der Waals surface area contributed by atoms with Crippen LogP contribution in [0.25, 0.3) is 11.0 Å². The van der Waals surface area contributed by atoms with Crippen molar-refractivity contribution in [3.8, 4) is 0 Å². The maximum atomic E-state index is 12.9. The highest BCUT2D eigenvalue weighted by atomic mass is 32.2. The number of rotatable bonds is 10. The van der Waals surface area contributed by atoms with Crippen molar-refractivity contribution < 1.29 is 18.0 Å². The van der Waals surface area contributed by atoms with E-state index in [1.54, 1.807) is 17.0 Å². The van der Waals surface area contributed by atoms with E-state index in [4.69, 9.17) is 10.7 Å². The Bertz CT molecular complexity index is 1100. The van der Waals surface area contributed by atoms with Gasteiger partial charge in [-0.3, -0.25) is 9.59 Å². The first kappa shape index (κ1) is 25.2. The number of imidazole rings is 1. The largest absolute Gasteiger partial charge is 0.369 e. The standard InChI is InChI=1S/C23H35N5O4S/c1-4-13-28-20-8-7-18(33(31,32)27(5-2)6-3)16-19(20)25-21(28)9-10-22(29)26-14-11-17(12-15-26)23(24)30/h7-8,16-17H,4-6,9-15H2,1-3H3,(H2,24,30). The van der Waals surface area contributed by atoms with E-state index in [1.165, 1.54) is 4.31 Å². The van der Waals surface area contributed by atoms with E-state index in [0.717, 1.165) is 24.3 Å². The van der Waals surface area contributed by atoms with Crippen molar-refractivity contribution in [2.24, 2.45) is 11.7 Å². The van der Waals surface area contributed by atoms with E-state index in [1.807, 2.05) is 19.9 Å². The first-order valence-corrected chi connectivity index (χ1v) is 13.2. The number of amides is 2. The highest BCUT2D eigenvalue weighted by molar-refractivity contribution is 7.89. The minimum Gasteiger partial charge on any atom is -0.369 e. The molecular formula is C23H35N5O4S. The first-order chi connectivity index (χ1) is 15.7. The number of carbonyl (C=O) groups is 2. The molecule has 2 aromatic rings. The van der Waals surface area contributed by atoms with Crippen LogP contribution in [0.2, 0.25) is 0 Å². The number of benzene rings is 1. The molecule has 10 heteroatoms. The fourth-order valence-corrected chi connectivity index (χ4v) is 5.97. The fourth-order valence-electron chi connectivity index (χ4n) is 4.49. The number of aromatic nitrogens is 2. The monoisotopic (exact) mass is 477 g/mol. The molecule has 3 rings (SSSR count). The lowest BCUT2D eigenvalue weighted by molar-refractivity contribution is -0.134. The molecule has 0 spiro atoms. The van der Waals surface area contributed by atoms with Crippen molar-refractivity contribution in [2.75, 3.05) is 26.2 Å². The number of nitrogens with two attached hydrogens (primary N) is 1. The van der Waals surface area contributed by atoms with Gasteiger partial charge in [-0.1, -0.05) is 20.8 Å². The molecule has 0 atom stereocenters. The van der Waals surface area contributed by atoms with Gasteiger partial charge in [0.25, 0.3) is 0 Å². The molecule has 1 fully saturated rings. The average molecular weight is 478 g/mol. The summed E-state index contributed by atoms with van der Waals surface area (Å²) in [6, 6.07) is 5.09. The second-order valence-electron chi connectivity index (χ2n) is 8.48. The normalized spacial score (nSPS) is 15.5. The molecule has 33 heavy (non-hydrogen) atoms. The summed E-state index contributed by atoms with van der Waals surface area (Å²) in [4.78, 5) is 30.8. The van der Waals surface area contributed by atoms with Crippen molar-refractivity contribution in [3.05, 3.63) is 24.0 Å². The van der Waals surface area contributed by atoms with Crippen molar-refractivity contribution in [1.29, 1.82) is 0 Å². The number of hydrogen-bond donors (Lipinski definition) is 1. The molecule has 1 aromatic carbocycles. The molecule has 1 aliphatic rings. The van der Waals surface area contributed by atoms with Gasteiger partial charge in [-0.2, -0.15) is 4.31 Å². The van der Waals surface area contributed by atoms with Gasteiger partial charge >= 0.3 is 0 Å². The zero-order chi connectivity index (χ0) is 24.2. The fraction of sp³-hybridized carbons (Fsp3) is 0.609. The maximum Gasteiger partial charge on any atom is 0.243 e. The van der Waals surface area contributed by atoms with Crippen LogP contribution in [0.5, 0.6) is 0 Å². The molecular weight excluding hydrogens is 442 g/mol. The van der Waals surface area contributed by atoms with Crippen molar-refractivity contribution in [2.45, 2.75) is 64.3 Å². The van der Waals surface area contributed by atoms with Gasteiger partial charge in [-0.25, -0.2) is 13.4 Å². The van der Waals surface area contributed by atoms with Crippen LogP contribution in [0.4, 0.5) is 0 Å². The molecule has 182 valence electrons. The molecule has 0 bridgehead atoms. The van der Waals surface area contributed by atoms with E-state index in [0.29, 0.717) is 57.4 Å². The van der Waals surface area contributed by atoms with Crippen LogP contribution in [0.1, 0.15) is 52.3 Å². The predicted octanol–water partition coefficient (Wildman–Crippen LogP) is 2.13. The molecule has 0 unspecified atom stereocenters. The van der Waals surface area contributed by atoms with E-state index >= 15 is 0 Å². The summed E-state index contributed by atoms with van der Waals surface area (Å²) in [5, 5.41) is 0. The molecule has 2 heterocycles. The Morgan fingerprint density at radius 2 is 1.82 bits per heavy atom. The van der Waals surface area contributed by atoms with Crippen LogP contribution in [-0.2, 0) is 32.6 Å². The van der Waals surface area contributed by atoms with Crippen LogP contribution >= 0.6 is 0 Å². The SMILES string of the molecule is CCCn1c(CCC(=O)N2CCC(C(N)=O)CC2)nc2cc(S(=O)(=O)N(CC)CC)ccc21. The summed E-state index contributed by atoms with van der Waals surface area (Å²) in [7, 11) is -3.57. The highest BCUT2D eigenvalue weighted by Crippen LogP contribution is 2.24. The molecule has 2 N–H and O–H groups in total. The summed E-state index contributed by atoms with van der Waals surface area (Å²) >= 11 is 0. The van der Waals surface area contributed by atoms with Gasteiger partial charge in [-0.05, 0) is 37.5 Å². The molecule has 1 aromatic heterocycles. The minimum absolute atomic E-state index is 0.0397. The molecule has 1 aliphatic heterocycles. The molecule has 0 aliphatic carbocycles. The van der Waals surface area contributed by atoms with Gasteiger partial charge in [0.15, 0.2) is 0 Å². The Labute approximate surface area is 196 Å². The van der Waals surface area contributed by atoms with Crippen LogP contribution in [0.15, 0.2) is 23.1 Å². The number of piperidine rings is 1. The third-order valence-corrected chi connectivity index (χ3v) is 8.45. The summed E-state index contributed by atoms with van der Waals surface area (Å²) < 4.78 is 29.4. The smallest absolute Gasteiger partial charge is 0.243 e. The molecule has 2 amide bonds. The number of aryl methyl sites for hydroxylation is 2. The lowest BCUT2D eigenvalue weighted by atomic mass is 9.96. The first-order valence-electron chi connectivity index (χ1n) is 11.8. The zero-order valence-electron chi connectivity index (χ0n) is 19.8. The predicted molar refractivity (Wildman–Crippen MR) is 127 cm³/mol. The van der Waals surface area contributed by atoms with Crippen LogP contribution in [0.3, 0.4) is 0 Å². The van der Waals surface area contributed by atoms with Gasteiger partial charge < -0.3 is 15.2 Å². The van der Waals surface area contributed by atoms with Gasteiger partial charge in [-0.15, -0.1) is 0 Å². The second-order valence-corrected chi connectivity index (χ2v) is 10.4. The van der Waals surface area contributed by atoms with Gasteiger partial charge in [0.05, 0.1) is 15.9 Å². The Balaban J connectivity index is 1.79. The Morgan fingerprint density at radius 1 is 1.15 bits per heavy atom. The summed E-state index contributed by atoms with van der Waals surface area (Å²) in [6.07, 6.45) is 2.91. The lowest BCUT2D eigenvalue weighted by Gasteiger charge is -2.30. The number of hydrogen-bond acceptors (Lipinski definition) is 5. The van der Waals surface area contributed by atoms with E-state index in [-0.39, 0.29) is 22.6 Å². The third-order valence-electron chi connectivity index (χ3n) is 6.40. The Hall–Kier alpha value is -2.46. The van der Waals surface area contributed by atoms with Crippen molar-refractivity contribution in [1.82, 2.24) is 18.8 Å².